The molecule has 0 bridgehead atoms. The smallest absolute Gasteiger partial charge is 0.321 e. The third-order valence-corrected chi connectivity index (χ3v) is 4.16. The number of alkyl halides is 5. The Bertz CT molecular complexity index is 368. The lowest BCUT2D eigenvalue weighted by Gasteiger charge is -2.27. The fourth-order valence-corrected chi connectivity index (χ4v) is 2.50. The van der Waals surface area contributed by atoms with Gasteiger partial charge in [0.15, 0.2) is 0 Å². The van der Waals surface area contributed by atoms with Crippen LogP contribution in [0.3, 0.4) is 0 Å². The van der Waals surface area contributed by atoms with Crippen molar-refractivity contribution in [1.29, 1.82) is 0 Å². The zero-order valence-electron chi connectivity index (χ0n) is 9.84. The van der Waals surface area contributed by atoms with Crippen LogP contribution < -0.4 is 5.73 Å². The zero-order chi connectivity index (χ0) is 14.8. The third-order valence-electron chi connectivity index (χ3n) is 2.25. The average Bonchev–Trinajstić information content (AvgIpc) is 2.15. The minimum atomic E-state index is -5.87. The lowest BCUT2D eigenvalue weighted by atomic mass is 10.2. The van der Waals surface area contributed by atoms with E-state index in [1.807, 2.05) is 0 Å². The zero-order valence-corrected chi connectivity index (χ0v) is 10.7. The number of hydrogen-bond donors (Lipinski definition) is 1. The number of sulfonamides is 1. The molecule has 110 valence electrons. The molecule has 0 spiro atoms. The van der Waals surface area contributed by atoms with Gasteiger partial charge in [0.2, 0.25) is 10.0 Å². The van der Waals surface area contributed by atoms with Crippen LogP contribution >= 0.6 is 0 Å². The van der Waals surface area contributed by atoms with Gasteiger partial charge < -0.3 is 5.73 Å². The van der Waals surface area contributed by atoms with Gasteiger partial charge in [-0.25, -0.2) is 12.7 Å². The number of nitrogens with zero attached hydrogens (tertiary/aromatic N) is 1. The summed E-state index contributed by atoms with van der Waals surface area (Å²) in [6, 6.07) is -2.83. The molecule has 1 atom stereocenters. The van der Waals surface area contributed by atoms with Crippen molar-refractivity contribution < 1.29 is 30.4 Å². The Hall–Kier alpha value is -0.480. The summed E-state index contributed by atoms with van der Waals surface area (Å²) < 4.78 is 85.1. The lowest BCUT2D eigenvalue weighted by Crippen LogP contribution is -2.55. The first-order valence-electron chi connectivity index (χ1n) is 5.00. The summed E-state index contributed by atoms with van der Waals surface area (Å²) in [5.41, 5.74) is 4.68. The minimum absolute atomic E-state index is 0.0205. The number of halogens is 5. The Balaban J connectivity index is 4.92. The van der Waals surface area contributed by atoms with E-state index in [0.29, 0.717) is 10.7 Å². The van der Waals surface area contributed by atoms with E-state index in [0.717, 1.165) is 7.05 Å². The quantitative estimate of drug-likeness (QED) is 0.749. The molecule has 4 nitrogen and oxygen atoms in total. The van der Waals surface area contributed by atoms with Crippen LogP contribution in [0.2, 0.25) is 0 Å². The van der Waals surface area contributed by atoms with E-state index in [1.165, 1.54) is 0 Å². The second-order valence-corrected chi connectivity index (χ2v) is 5.95. The predicted octanol–water partition coefficient (Wildman–Crippen LogP) is 1.18. The van der Waals surface area contributed by atoms with Gasteiger partial charge in [-0.15, -0.1) is 0 Å². The first-order valence-corrected chi connectivity index (χ1v) is 6.61. The standard InChI is InChI=1S/C8H15F5N2O2S/c1-3-4-15(2)18(16,17)5-6(14)7(9,10)8(11,12)13/h6H,3-5,14H2,1-2H3. The van der Waals surface area contributed by atoms with Crippen molar-refractivity contribution in [3.05, 3.63) is 0 Å². The van der Waals surface area contributed by atoms with Crippen LogP contribution in [0.15, 0.2) is 0 Å². The Labute approximate surface area is 102 Å². The Morgan fingerprint density at radius 1 is 1.22 bits per heavy atom. The van der Waals surface area contributed by atoms with Crippen molar-refractivity contribution in [3.8, 4) is 0 Å². The van der Waals surface area contributed by atoms with Crippen LogP contribution in [-0.4, -0.2) is 50.2 Å². The summed E-state index contributed by atoms with van der Waals surface area (Å²) in [6.45, 7) is 1.66. The third kappa shape index (κ3) is 4.02. The molecule has 0 heterocycles. The number of hydrogen-bond acceptors (Lipinski definition) is 3. The van der Waals surface area contributed by atoms with Gasteiger partial charge in [-0.05, 0) is 6.42 Å². The SMILES string of the molecule is CCCN(C)S(=O)(=O)CC(N)C(F)(F)C(F)(F)F. The van der Waals surface area contributed by atoms with Crippen LogP contribution in [0.5, 0.6) is 0 Å². The van der Waals surface area contributed by atoms with Gasteiger partial charge >= 0.3 is 12.1 Å². The maximum absolute atomic E-state index is 12.8. The van der Waals surface area contributed by atoms with Crippen molar-refractivity contribution in [2.24, 2.45) is 5.73 Å². The molecular weight excluding hydrogens is 283 g/mol. The van der Waals surface area contributed by atoms with Gasteiger partial charge in [-0.3, -0.25) is 0 Å². The molecule has 0 aromatic carbocycles. The molecule has 1 unspecified atom stereocenters. The maximum Gasteiger partial charge on any atom is 0.454 e. The molecule has 18 heavy (non-hydrogen) atoms. The first kappa shape index (κ1) is 17.5. The van der Waals surface area contributed by atoms with Crippen molar-refractivity contribution in [2.75, 3.05) is 19.3 Å². The molecule has 0 aromatic rings. The van der Waals surface area contributed by atoms with E-state index in [2.05, 4.69) is 5.73 Å². The van der Waals surface area contributed by atoms with Crippen LogP contribution in [0.25, 0.3) is 0 Å². The van der Waals surface area contributed by atoms with Gasteiger partial charge in [0.1, 0.15) is 0 Å². The second kappa shape index (κ2) is 5.66. The summed E-state index contributed by atoms with van der Waals surface area (Å²) in [6.07, 6.45) is -5.47. The highest BCUT2D eigenvalue weighted by molar-refractivity contribution is 7.89. The molecule has 0 saturated heterocycles. The number of nitrogens with two attached hydrogens (primary N) is 1. The highest BCUT2D eigenvalue weighted by Crippen LogP contribution is 2.37. The minimum Gasteiger partial charge on any atom is -0.321 e. The van der Waals surface area contributed by atoms with Crippen molar-refractivity contribution in [1.82, 2.24) is 4.31 Å². The molecule has 0 fully saturated rings. The van der Waals surface area contributed by atoms with Crippen molar-refractivity contribution >= 4 is 10.0 Å². The molecule has 0 saturated carbocycles. The molecule has 0 radical (unpaired) electrons. The largest absolute Gasteiger partial charge is 0.454 e. The summed E-state index contributed by atoms with van der Waals surface area (Å²) in [5.74, 6) is -6.71. The molecule has 2 N–H and O–H groups in total. The average molecular weight is 298 g/mol. The maximum atomic E-state index is 12.8. The van der Waals surface area contributed by atoms with Gasteiger partial charge in [0.25, 0.3) is 0 Å². The molecule has 0 aliphatic carbocycles. The van der Waals surface area contributed by atoms with Crippen molar-refractivity contribution in [2.45, 2.75) is 31.5 Å². The lowest BCUT2D eigenvalue weighted by molar-refractivity contribution is -0.287. The fraction of sp³-hybridized carbons (Fsp3) is 1.00. The first-order chi connectivity index (χ1) is 7.86. The van der Waals surface area contributed by atoms with E-state index in [-0.39, 0.29) is 6.54 Å². The fourth-order valence-electron chi connectivity index (χ4n) is 1.12. The Kier molecular flexibility index (Phi) is 5.51. The highest BCUT2D eigenvalue weighted by Gasteiger charge is 2.62. The van der Waals surface area contributed by atoms with Crippen LogP contribution in [0.4, 0.5) is 22.0 Å². The van der Waals surface area contributed by atoms with Crippen LogP contribution in [0.1, 0.15) is 13.3 Å². The number of rotatable bonds is 6. The van der Waals surface area contributed by atoms with Crippen molar-refractivity contribution in [3.63, 3.8) is 0 Å². The predicted molar refractivity (Wildman–Crippen MR) is 55.7 cm³/mol. The summed E-state index contributed by atoms with van der Waals surface area (Å²) in [5, 5.41) is 0. The van der Waals surface area contributed by atoms with Gasteiger partial charge in [0, 0.05) is 13.6 Å². The van der Waals surface area contributed by atoms with E-state index in [4.69, 9.17) is 0 Å². The van der Waals surface area contributed by atoms with E-state index in [1.54, 1.807) is 6.92 Å². The second-order valence-electron chi connectivity index (χ2n) is 3.83. The molecule has 0 aliphatic heterocycles. The van der Waals surface area contributed by atoms with Crippen LogP contribution in [-0.2, 0) is 10.0 Å². The molecule has 0 aromatic heterocycles. The van der Waals surface area contributed by atoms with E-state index in [9.17, 15) is 30.4 Å². The van der Waals surface area contributed by atoms with Gasteiger partial charge in [0.05, 0.1) is 11.8 Å². The van der Waals surface area contributed by atoms with E-state index >= 15 is 0 Å². The summed E-state index contributed by atoms with van der Waals surface area (Å²) >= 11 is 0. The summed E-state index contributed by atoms with van der Waals surface area (Å²) in [7, 11) is -3.14. The highest BCUT2D eigenvalue weighted by atomic mass is 32.2. The molecule has 0 amide bonds. The van der Waals surface area contributed by atoms with Crippen LogP contribution in [0, 0.1) is 0 Å². The van der Waals surface area contributed by atoms with E-state index < -0.39 is 33.9 Å². The van der Waals surface area contributed by atoms with Gasteiger partial charge in [-0.1, -0.05) is 6.92 Å². The topological polar surface area (TPSA) is 63.4 Å². The van der Waals surface area contributed by atoms with Gasteiger partial charge in [-0.2, -0.15) is 22.0 Å². The Morgan fingerprint density at radius 3 is 2.00 bits per heavy atom. The molecule has 0 aliphatic rings. The molecule has 10 heteroatoms. The normalized spacial score (nSPS) is 16.1. The molecule has 0 rings (SSSR count). The summed E-state index contributed by atoms with van der Waals surface area (Å²) in [4.78, 5) is 0. The molecular formula is C8H15F5N2O2S. The Morgan fingerprint density at radius 2 is 1.67 bits per heavy atom. The monoisotopic (exact) mass is 298 g/mol.